The molecule has 0 heterocycles. The summed E-state index contributed by atoms with van der Waals surface area (Å²) in [7, 11) is 0. The maximum atomic E-state index is 2.28. The summed E-state index contributed by atoms with van der Waals surface area (Å²) in [5.74, 6) is 0. The van der Waals surface area contributed by atoms with Crippen molar-refractivity contribution < 1.29 is 0 Å². The second-order valence-corrected chi connectivity index (χ2v) is 3.82. The van der Waals surface area contributed by atoms with E-state index < -0.39 is 0 Å². The second-order valence-electron chi connectivity index (χ2n) is 3.82. The average molecular weight is 194 g/mol. The molecule has 0 nitrogen and oxygen atoms in total. The Kier molecular flexibility index (Phi) is 12.0. The van der Waals surface area contributed by atoms with Crippen molar-refractivity contribution >= 4 is 0 Å². The van der Waals surface area contributed by atoms with E-state index in [9.17, 15) is 0 Å². The van der Waals surface area contributed by atoms with Crippen LogP contribution in [0.2, 0.25) is 0 Å². The monoisotopic (exact) mass is 194 g/mol. The summed E-state index contributed by atoms with van der Waals surface area (Å²) in [5, 5.41) is 0. The summed E-state index contributed by atoms with van der Waals surface area (Å²) in [5.41, 5.74) is 0. The smallest absolute Gasteiger partial charge is 0.0348 e. The molecule has 0 saturated carbocycles. The molecule has 0 aliphatic rings. The van der Waals surface area contributed by atoms with Crippen LogP contribution in [0.3, 0.4) is 0 Å². The van der Waals surface area contributed by atoms with Gasteiger partial charge < -0.3 is 0 Å². The normalized spacial score (nSPS) is 11.9. The van der Waals surface area contributed by atoms with Crippen molar-refractivity contribution in [2.24, 2.45) is 0 Å². The topological polar surface area (TPSA) is 0 Å². The lowest BCUT2D eigenvalue weighted by Crippen LogP contribution is -1.77. The van der Waals surface area contributed by atoms with Crippen LogP contribution in [-0.2, 0) is 0 Å². The van der Waals surface area contributed by atoms with Crippen LogP contribution in [0.5, 0.6) is 0 Å². The van der Waals surface area contributed by atoms with Gasteiger partial charge >= 0.3 is 0 Å². The largest absolute Gasteiger partial charge is 0.0848 e. The summed E-state index contributed by atoms with van der Waals surface area (Å²) in [6.45, 7) is 4.43. The molecule has 0 N–H and O–H groups in total. The Morgan fingerprint density at radius 2 is 1.36 bits per heavy atom. The fraction of sp³-hybridized carbons (Fsp3) is 0.714. The SMILES string of the molecule is CC/C=C\C=C\CCCCCCCC. The molecule has 0 bridgehead atoms. The fourth-order valence-corrected chi connectivity index (χ4v) is 1.43. The Morgan fingerprint density at radius 3 is 2.07 bits per heavy atom. The number of rotatable bonds is 9. The molecule has 0 fully saturated rings. The van der Waals surface area contributed by atoms with E-state index in [1.165, 1.54) is 44.9 Å². The van der Waals surface area contributed by atoms with Gasteiger partial charge in [-0.15, -0.1) is 0 Å². The molecule has 14 heavy (non-hydrogen) atoms. The zero-order chi connectivity index (χ0) is 10.5. The van der Waals surface area contributed by atoms with E-state index in [2.05, 4.69) is 38.2 Å². The number of unbranched alkanes of at least 4 members (excludes halogenated alkanes) is 6. The third-order valence-electron chi connectivity index (χ3n) is 2.34. The minimum absolute atomic E-state index is 1.14. The highest BCUT2D eigenvalue weighted by Crippen LogP contribution is 2.07. The van der Waals surface area contributed by atoms with Crippen LogP contribution in [0.1, 0.15) is 65.2 Å². The van der Waals surface area contributed by atoms with E-state index in [4.69, 9.17) is 0 Å². The number of allylic oxidation sites excluding steroid dienone is 4. The van der Waals surface area contributed by atoms with Crippen molar-refractivity contribution in [3.8, 4) is 0 Å². The quantitative estimate of drug-likeness (QED) is 0.347. The van der Waals surface area contributed by atoms with Gasteiger partial charge in [-0.25, -0.2) is 0 Å². The first-order valence-electron chi connectivity index (χ1n) is 6.23. The van der Waals surface area contributed by atoms with Crippen molar-refractivity contribution in [2.45, 2.75) is 65.2 Å². The van der Waals surface area contributed by atoms with Gasteiger partial charge in [0.1, 0.15) is 0 Å². The predicted octanol–water partition coefficient (Wildman–Crippen LogP) is 5.26. The third-order valence-corrected chi connectivity index (χ3v) is 2.34. The van der Waals surface area contributed by atoms with Crippen molar-refractivity contribution in [3.05, 3.63) is 24.3 Å². The van der Waals surface area contributed by atoms with Gasteiger partial charge in [0, 0.05) is 0 Å². The first-order chi connectivity index (χ1) is 6.91. The lowest BCUT2D eigenvalue weighted by molar-refractivity contribution is 0.611. The summed E-state index contributed by atoms with van der Waals surface area (Å²) in [4.78, 5) is 0. The molecule has 0 radical (unpaired) electrons. The van der Waals surface area contributed by atoms with E-state index in [1.54, 1.807) is 0 Å². The molecule has 0 atom stereocenters. The Balaban J connectivity index is 3.05. The predicted molar refractivity (Wildman–Crippen MR) is 66.6 cm³/mol. The molecule has 0 spiro atoms. The summed E-state index contributed by atoms with van der Waals surface area (Å²) in [6, 6.07) is 0. The Hall–Kier alpha value is -0.520. The molecule has 0 aliphatic heterocycles. The highest BCUT2D eigenvalue weighted by molar-refractivity contribution is 5.01. The van der Waals surface area contributed by atoms with Crippen LogP contribution in [-0.4, -0.2) is 0 Å². The van der Waals surface area contributed by atoms with E-state index in [1.807, 2.05) is 0 Å². The van der Waals surface area contributed by atoms with Gasteiger partial charge in [0.2, 0.25) is 0 Å². The van der Waals surface area contributed by atoms with Crippen molar-refractivity contribution in [3.63, 3.8) is 0 Å². The van der Waals surface area contributed by atoms with Crippen LogP contribution >= 0.6 is 0 Å². The lowest BCUT2D eigenvalue weighted by Gasteiger charge is -1.97. The zero-order valence-corrected chi connectivity index (χ0v) is 9.97. The molecule has 0 amide bonds. The van der Waals surface area contributed by atoms with Gasteiger partial charge in [0.25, 0.3) is 0 Å². The van der Waals surface area contributed by atoms with Gasteiger partial charge in [-0.05, 0) is 19.3 Å². The minimum atomic E-state index is 1.14. The molecule has 82 valence electrons. The highest BCUT2D eigenvalue weighted by Gasteiger charge is 1.87. The molecule has 0 aromatic heterocycles. The first kappa shape index (κ1) is 13.5. The zero-order valence-electron chi connectivity index (χ0n) is 9.97. The van der Waals surface area contributed by atoms with E-state index >= 15 is 0 Å². The maximum Gasteiger partial charge on any atom is -0.0348 e. The summed E-state index contributed by atoms with van der Waals surface area (Å²) in [6.07, 6.45) is 19.6. The van der Waals surface area contributed by atoms with E-state index in [0.717, 1.165) is 6.42 Å². The molecule has 0 rings (SSSR count). The third kappa shape index (κ3) is 11.5. The summed E-state index contributed by atoms with van der Waals surface area (Å²) >= 11 is 0. The molecule has 0 unspecified atom stereocenters. The lowest BCUT2D eigenvalue weighted by atomic mass is 10.1. The Morgan fingerprint density at radius 1 is 0.714 bits per heavy atom. The molecular weight excluding hydrogens is 168 g/mol. The van der Waals surface area contributed by atoms with Gasteiger partial charge in [0.05, 0.1) is 0 Å². The van der Waals surface area contributed by atoms with Gasteiger partial charge in [-0.1, -0.05) is 70.3 Å². The van der Waals surface area contributed by atoms with Crippen LogP contribution in [0.15, 0.2) is 24.3 Å². The standard InChI is InChI=1S/C14H26/c1-3-5-7-9-11-13-14-12-10-8-6-4-2/h5,7,9,11H,3-4,6,8,10,12-14H2,1-2H3/b7-5-,11-9+. The highest BCUT2D eigenvalue weighted by atomic mass is 13.9. The fourth-order valence-electron chi connectivity index (χ4n) is 1.43. The van der Waals surface area contributed by atoms with E-state index in [0.29, 0.717) is 0 Å². The minimum Gasteiger partial charge on any atom is -0.0848 e. The van der Waals surface area contributed by atoms with Crippen LogP contribution < -0.4 is 0 Å². The van der Waals surface area contributed by atoms with E-state index in [-0.39, 0.29) is 0 Å². The maximum absolute atomic E-state index is 2.28. The summed E-state index contributed by atoms with van der Waals surface area (Å²) < 4.78 is 0. The second kappa shape index (κ2) is 12.5. The van der Waals surface area contributed by atoms with Gasteiger partial charge in [-0.3, -0.25) is 0 Å². The molecule has 0 aromatic rings. The molecule has 0 saturated heterocycles. The molecule has 0 heteroatoms. The molecular formula is C14H26. The number of hydrogen-bond acceptors (Lipinski definition) is 0. The Labute approximate surface area is 90.1 Å². The van der Waals surface area contributed by atoms with Crippen molar-refractivity contribution in [1.82, 2.24) is 0 Å². The Bertz CT molecular complexity index is 142. The van der Waals surface area contributed by atoms with Crippen molar-refractivity contribution in [1.29, 1.82) is 0 Å². The van der Waals surface area contributed by atoms with Gasteiger partial charge in [-0.2, -0.15) is 0 Å². The first-order valence-corrected chi connectivity index (χ1v) is 6.23. The average Bonchev–Trinajstić information content (AvgIpc) is 2.21. The van der Waals surface area contributed by atoms with Gasteiger partial charge in [0.15, 0.2) is 0 Å². The van der Waals surface area contributed by atoms with Crippen molar-refractivity contribution in [2.75, 3.05) is 0 Å². The van der Waals surface area contributed by atoms with Crippen LogP contribution in [0.4, 0.5) is 0 Å². The molecule has 0 aliphatic carbocycles. The molecule has 0 aromatic carbocycles. The van der Waals surface area contributed by atoms with Crippen LogP contribution in [0, 0.1) is 0 Å². The van der Waals surface area contributed by atoms with Crippen LogP contribution in [0.25, 0.3) is 0 Å². The number of hydrogen-bond donors (Lipinski definition) is 0.